The number of ether oxygens (including phenoxy) is 1. The van der Waals surface area contributed by atoms with Gasteiger partial charge < -0.3 is 15.4 Å². The molecule has 2 unspecified atom stereocenters. The second-order valence-corrected chi connectivity index (χ2v) is 9.31. The Morgan fingerprint density at radius 2 is 1.41 bits per heavy atom. The van der Waals surface area contributed by atoms with Gasteiger partial charge in [0.25, 0.3) is 5.91 Å². The van der Waals surface area contributed by atoms with Gasteiger partial charge in [-0.1, -0.05) is 91.9 Å². The molecule has 0 spiro atoms. The Hall–Kier alpha value is -3.98. The maximum absolute atomic E-state index is 12.6. The summed E-state index contributed by atoms with van der Waals surface area (Å²) in [6.07, 6.45) is -4.02. The van der Waals surface area contributed by atoms with Gasteiger partial charge in [-0.15, -0.1) is 0 Å². The van der Waals surface area contributed by atoms with Crippen LogP contribution in [0.5, 0.6) is 0 Å². The predicted octanol–water partition coefficient (Wildman–Crippen LogP) is 4.87. The number of carbonyl (C=O) groups is 3. The van der Waals surface area contributed by atoms with Crippen molar-refractivity contribution in [1.29, 1.82) is 0 Å². The molecule has 0 saturated heterocycles. The van der Waals surface area contributed by atoms with Crippen molar-refractivity contribution < 1.29 is 32.3 Å². The Kier molecular flexibility index (Phi) is 10.8. The molecule has 39 heavy (non-hydrogen) atoms. The number of halogens is 3. The van der Waals surface area contributed by atoms with Crippen LogP contribution < -0.4 is 10.6 Å². The van der Waals surface area contributed by atoms with E-state index >= 15 is 0 Å². The maximum Gasteiger partial charge on any atom is 0.401 e. The Morgan fingerprint density at radius 1 is 0.821 bits per heavy atom. The van der Waals surface area contributed by atoms with Gasteiger partial charge in [-0.25, -0.2) is 0 Å². The van der Waals surface area contributed by atoms with E-state index in [2.05, 4.69) is 5.32 Å². The van der Waals surface area contributed by atoms with Crippen LogP contribution in [0, 0.1) is 5.92 Å². The van der Waals surface area contributed by atoms with Crippen molar-refractivity contribution in [3.05, 3.63) is 96.1 Å². The topological polar surface area (TPSA) is 84.5 Å². The highest BCUT2D eigenvalue weighted by Gasteiger charge is 2.28. The molecule has 0 aliphatic rings. The standard InChI is InChI=1S/C30H31F3N2O4/c1-21(29(38)39-19-23-8-4-2-5-9-23)16-26(35-28(37)27(36)18-34-20-30(31,32)33)17-22-12-14-25(15-13-22)24-10-6-3-7-11-24/h2-15,21,26,34H,16-20H2,1H3,(H,35,37). The van der Waals surface area contributed by atoms with Gasteiger partial charge in [-0.3, -0.25) is 14.4 Å². The normalized spacial score (nSPS) is 12.8. The van der Waals surface area contributed by atoms with Crippen LogP contribution in [0.3, 0.4) is 0 Å². The molecule has 0 aliphatic heterocycles. The van der Waals surface area contributed by atoms with Crippen molar-refractivity contribution in [3.63, 3.8) is 0 Å². The van der Waals surface area contributed by atoms with Crippen molar-refractivity contribution in [1.82, 2.24) is 10.6 Å². The lowest BCUT2D eigenvalue weighted by molar-refractivity contribution is -0.150. The average Bonchev–Trinajstić information content (AvgIpc) is 2.92. The number of alkyl halides is 3. The minimum atomic E-state index is -4.50. The molecule has 0 fully saturated rings. The van der Waals surface area contributed by atoms with E-state index in [1.165, 1.54) is 0 Å². The van der Waals surface area contributed by atoms with Crippen molar-refractivity contribution in [3.8, 4) is 11.1 Å². The highest BCUT2D eigenvalue weighted by molar-refractivity contribution is 6.37. The molecule has 0 aliphatic carbocycles. The van der Waals surface area contributed by atoms with Gasteiger partial charge >= 0.3 is 12.1 Å². The van der Waals surface area contributed by atoms with E-state index in [9.17, 15) is 27.6 Å². The third-order valence-corrected chi connectivity index (χ3v) is 6.01. The predicted molar refractivity (Wildman–Crippen MR) is 141 cm³/mol. The summed E-state index contributed by atoms with van der Waals surface area (Å²) in [5, 5.41) is 4.53. The molecule has 3 aromatic rings. The SMILES string of the molecule is CC(CC(Cc1ccc(-c2ccccc2)cc1)NC(=O)C(=O)CNCC(F)(F)F)C(=O)OCc1ccccc1. The number of nitrogens with one attached hydrogen (secondary N) is 2. The number of carbonyl (C=O) groups excluding carboxylic acids is 3. The lowest BCUT2D eigenvalue weighted by Gasteiger charge is -2.22. The van der Waals surface area contributed by atoms with Crippen LogP contribution in [0.1, 0.15) is 24.5 Å². The van der Waals surface area contributed by atoms with E-state index in [-0.39, 0.29) is 13.0 Å². The Bertz CT molecular complexity index is 1220. The quantitative estimate of drug-likeness (QED) is 0.239. The first-order chi connectivity index (χ1) is 18.6. The summed E-state index contributed by atoms with van der Waals surface area (Å²) >= 11 is 0. The van der Waals surface area contributed by atoms with E-state index in [0.717, 1.165) is 22.3 Å². The van der Waals surface area contributed by atoms with E-state index < -0.39 is 48.9 Å². The fourth-order valence-electron chi connectivity index (χ4n) is 4.00. The fraction of sp³-hybridized carbons (Fsp3) is 0.300. The summed E-state index contributed by atoms with van der Waals surface area (Å²) in [5.41, 5.74) is 3.73. The van der Waals surface area contributed by atoms with Crippen molar-refractivity contribution in [2.45, 2.75) is 38.6 Å². The highest BCUT2D eigenvalue weighted by atomic mass is 19.4. The summed E-state index contributed by atoms with van der Waals surface area (Å²) in [5.74, 6) is -3.11. The minimum absolute atomic E-state index is 0.103. The van der Waals surface area contributed by atoms with E-state index in [1.807, 2.05) is 90.2 Å². The second-order valence-electron chi connectivity index (χ2n) is 9.31. The number of esters is 1. The first-order valence-corrected chi connectivity index (χ1v) is 12.6. The number of hydrogen-bond donors (Lipinski definition) is 2. The number of hydrogen-bond acceptors (Lipinski definition) is 5. The molecule has 1 amide bonds. The number of rotatable bonds is 13. The van der Waals surface area contributed by atoms with Gasteiger partial charge in [0.15, 0.2) is 0 Å². The molecule has 0 heterocycles. The smallest absolute Gasteiger partial charge is 0.401 e. The van der Waals surface area contributed by atoms with Crippen LogP contribution in [0.2, 0.25) is 0 Å². The molecule has 6 nitrogen and oxygen atoms in total. The first-order valence-electron chi connectivity index (χ1n) is 12.6. The van der Waals surface area contributed by atoms with Crippen LogP contribution in [-0.4, -0.2) is 43.0 Å². The molecule has 0 aromatic heterocycles. The van der Waals surface area contributed by atoms with Gasteiger partial charge in [0.05, 0.1) is 19.0 Å². The summed E-state index contributed by atoms with van der Waals surface area (Å²) in [6, 6.07) is 26.0. The average molecular weight is 541 g/mol. The van der Waals surface area contributed by atoms with Gasteiger partial charge in [0.1, 0.15) is 6.61 Å². The van der Waals surface area contributed by atoms with Crippen LogP contribution in [0.25, 0.3) is 11.1 Å². The van der Waals surface area contributed by atoms with E-state index in [4.69, 9.17) is 4.74 Å². The summed E-state index contributed by atoms with van der Waals surface area (Å²) in [6.45, 7) is -0.366. The van der Waals surface area contributed by atoms with E-state index in [1.54, 1.807) is 6.92 Å². The number of ketones is 1. The molecule has 206 valence electrons. The molecule has 9 heteroatoms. The molecule has 0 bridgehead atoms. The maximum atomic E-state index is 12.6. The first kappa shape index (κ1) is 29.6. The highest BCUT2D eigenvalue weighted by Crippen LogP contribution is 2.21. The molecule has 2 N–H and O–H groups in total. The van der Waals surface area contributed by atoms with Crippen LogP contribution >= 0.6 is 0 Å². The van der Waals surface area contributed by atoms with Gasteiger partial charge in [-0.05, 0) is 35.1 Å². The second kappa shape index (κ2) is 14.2. The summed E-state index contributed by atoms with van der Waals surface area (Å²) in [4.78, 5) is 37.3. The minimum Gasteiger partial charge on any atom is -0.461 e. The molecular weight excluding hydrogens is 509 g/mol. The third-order valence-electron chi connectivity index (χ3n) is 6.01. The summed E-state index contributed by atoms with van der Waals surface area (Å²) in [7, 11) is 0. The third kappa shape index (κ3) is 10.4. The summed E-state index contributed by atoms with van der Waals surface area (Å²) < 4.78 is 42.5. The van der Waals surface area contributed by atoms with Crippen LogP contribution in [-0.2, 0) is 32.1 Å². The van der Waals surface area contributed by atoms with Crippen LogP contribution in [0.4, 0.5) is 13.2 Å². The van der Waals surface area contributed by atoms with Gasteiger partial charge in [0, 0.05) is 6.04 Å². The number of amides is 1. The van der Waals surface area contributed by atoms with Crippen molar-refractivity contribution in [2.75, 3.05) is 13.1 Å². The lowest BCUT2D eigenvalue weighted by Crippen LogP contribution is -2.45. The van der Waals surface area contributed by atoms with Crippen LogP contribution in [0.15, 0.2) is 84.9 Å². The zero-order valence-electron chi connectivity index (χ0n) is 21.5. The molecule has 3 rings (SSSR count). The monoisotopic (exact) mass is 540 g/mol. The lowest BCUT2D eigenvalue weighted by atomic mass is 9.94. The number of benzene rings is 3. The van der Waals surface area contributed by atoms with E-state index in [0.29, 0.717) is 6.42 Å². The zero-order valence-corrected chi connectivity index (χ0v) is 21.5. The Morgan fingerprint density at radius 3 is 2.03 bits per heavy atom. The fourth-order valence-corrected chi connectivity index (χ4v) is 4.00. The molecule has 2 atom stereocenters. The Balaban J connectivity index is 1.65. The zero-order chi connectivity index (χ0) is 28.3. The molecule has 3 aromatic carbocycles. The van der Waals surface area contributed by atoms with Gasteiger partial charge in [-0.2, -0.15) is 13.2 Å². The molecule has 0 radical (unpaired) electrons. The van der Waals surface area contributed by atoms with Crippen molar-refractivity contribution in [2.24, 2.45) is 5.92 Å². The Labute approximate surface area is 225 Å². The molecular formula is C30H31F3N2O4. The van der Waals surface area contributed by atoms with Gasteiger partial charge in [0.2, 0.25) is 5.78 Å². The largest absolute Gasteiger partial charge is 0.461 e. The molecule has 0 saturated carbocycles. The number of Topliss-reactive ketones (excluding diaryl/α,β-unsaturated/α-hetero) is 1. The van der Waals surface area contributed by atoms with Crippen molar-refractivity contribution >= 4 is 17.7 Å².